The molecular weight excluding hydrogens is 268 g/mol. The van der Waals surface area contributed by atoms with Crippen molar-refractivity contribution in [3.63, 3.8) is 0 Å². The van der Waals surface area contributed by atoms with Gasteiger partial charge in [0.25, 0.3) is 0 Å². The average Bonchev–Trinajstić information content (AvgIpc) is 2.39. The topological polar surface area (TPSA) is 86.7 Å². The maximum atomic E-state index is 12.6. The third-order valence-electron chi connectivity index (χ3n) is 3.16. The van der Waals surface area contributed by atoms with E-state index >= 15 is 0 Å². The molecule has 2 rings (SSSR count). The van der Waals surface area contributed by atoms with Crippen LogP contribution in [-0.4, -0.2) is 49.5 Å². The lowest BCUT2D eigenvalue weighted by Gasteiger charge is -2.32. The molecule has 0 saturated carbocycles. The summed E-state index contributed by atoms with van der Waals surface area (Å²) in [5, 5.41) is 12.0. The summed E-state index contributed by atoms with van der Waals surface area (Å²) >= 11 is 0. The fourth-order valence-corrected chi connectivity index (χ4v) is 3.97. The molecule has 104 valence electrons. The number of nitrogens with zero attached hydrogens (tertiary/aromatic N) is 1. The van der Waals surface area contributed by atoms with Gasteiger partial charge in [0, 0.05) is 19.6 Å². The Morgan fingerprint density at radius 2 is 2.11 bits per heavy atom. The largest absolute Gasteiger partial charge is 0.480 e. The highest BCUT2D eigenvalue weighted by atomic mass is 32.2. The van der Waals surface area contributed by atoms with E-state index in [-0.39, 0.29) is 18.0 Å². The van der Waals surface area contributed by atoms with Gasteiger partial charge in [0.2, 0.25) is 10.0 Å². The summed E-state index contributed by atoms with van der Waals surface area (Å²) in [6.07, 6.45) is 0. The number of hydrogen-bond donors (Lipinski definition) is 2. The number of aliphatic carboxylic acids is 1. The fraction of sp³-hybridized carbons (Fsp3) is 0.417. The minimum atomic E-state index is -3.77. The lowest BCUT2D eigenvalue weighted by molar-refractivity contribution is -0.141. The third kappa shape index (κ3) is 2.63. The van der Waals surface area contributed by atoms with E-state index in [1.54, 1.807) is 25.1 Å². The summed E-state index contributed by atoms with van der Waals surface area (Å²) in [7, 11) is -3.77. The van der Waals surface area contributed by atoms with Gasteiger partial charge in [-0.3, -0.25) is 4.79 Å². The van der Waals surface area contributed by atoms with Gasteiger partial charge in [-0.25, -0.2) is 8.42 Å². The minimum absolute atomic E-state index is 0.125. The third-order valence-corrected chi connectivity index (χ3v) is 5.23. The van der Waals surface area contributed by atoms with Crippen LogP contribution in [0, 0.1) is 6.92 Å². The quantitative estimate of drug-likeness (QED) is 0.818. The van der Waals surface area contributed by atoms with Crippen LogP contribution in [0.1, 0.15) is 5.56 Å². The van der Waals surface area contributed by atoms with Crippen LogP contribution >= 0.6 is 0 Å². The second kappa shape index (κ2) is 5.28. The Balaban J connectivity index is 2.43. The number of carbonyl (C=O) groups is 1. The molecule has 0 radical (unpaired) electrons. The molecule has 0 spiro atoms. The second-order valence-electron chi connectivity index (χ2n) is 4.44. The zero-order valence-electron chi connectivity index (χ0n) is 10.5. The Hall–Kier alpha value is -1.44. The Kier molecular flexibility index (Phi) is 3.88. The zero-order chi connectivity index (χ0) is 14.0. The van der Waals surface area contributed by atoms with Gasteiger partial charge >= 0.3 is 5.97 Å². The van der Waals surface area contributed by atoms with Gasteiger partial charge in [0.05, 0.1) is 4.90 Å². The van der Waals surface area contributed by atoms with Crippen molar-refractivity contribution < 1.29 is 18.3 Å². The van der Waals surface area contributed by atoms with Gasteiger partial charge in [0.1, 0.15) is 6.04 Å². The molecule has 6 nitrogen and oxygen atoms in total. The standard InChI is InChI=1S/C12H16N2O4S/c1-9-4-2-3-5-11(9)19(17,18)14-7-6-13-8-10(14)12(15)16/h2-5,10,13H,6-8H2,1H3,(H,15,16). The molecule has 1 fully saturated rings. The van der Waals surface area contributed by atoms with Crippen LogP contribution in [0.2, 0.25) is 0 Å². The van der Waals surface area contributed by atoms with Crippen molar-refractivity contribution >= 4 is 16.0 Å². The van der Waals surface area contributed by atoms with E-state index in [1.165, 1.54) is 6.07 Å². The van der Waals surface area contributed by atoms with Crippen LogP contribution < -0.4 is 5.32 Å². The van der Waals surface area contributed by atoms with Crippen LogP contribution in [0.3, 0.4) is 0 Å². The Morgan fingerprint density at radius 3 is 2.74 bits per heavy atom. The Morgan fingerprint density at radius 1 is 1.42 bits per heavy atom. The smallest absolute Gasteiger partial charge is 0.323 e. The maximum absolute atomic E-state index is 12.6. The minimum Gasteiger partial charge on any atom is -0.480 e. The van der Waals surface area contributed by atoms with E-state index in [0.717, 1.165) is 4.31 Å². The van der Waals surface area contributed by atoms with Crippen LogP contribution in [0.4, 0.5) is 0 Å². The number of nitrogens with one attached hydrogen (secondary N) is 1. The molecule has 7 heteroatoms. The molecule has 2 N–H and O–H groups in total. The number of rotatable bonds is 3. The Bertz CT molecular complexity index is 585. The molecule has 1 heterocycles. The molecule has 1 aliphatic heterocycles. The van der Waals surface area contributed by atoms with E-state index in [4.69, 9.17) is 5.11 Å². The average molecular weight is 284 g/mol. The molecule has 0 aromatic heterocycles. The van der Waals surface area contributed by atoms with Crippen molar-refractivity contribution in [1.29, 1.82) is 0 Å². The van der Waals surface area contributed by atoms with Crippen molar-refractivity contribution in [2.75, 3.05) is 19.6 Å². The predicted molar refractivity (Wildman–Crippen MR) is 69.4 cm³/mol. The monoisotopic (exact) mass is 284 g/mol. The van der Waals surface area contributed by atoms with Gasteiger partial charge in [-0.2, -0.15) is 4.31 Å². The number of carboxylic acids is 1. The van der Waals surface area contributed by atoms with Gasteiger partial charge in [0.15, 0.2) is 0 Å². The highest BCUT2D eigenvalue weighted by Gasteiger charge is 2.38. The first-order valence-corrected chi connectivity index (χ1v) is 7.39. The summed E-state index contributed by atoms with van der Waals surface area (Å²) in [6, 6.07) is 5.54. The molecular formula is C12H16N2O4S. The van der Waals surface area contributed by atoms with Crippen molar-refractivity contribution in [2.45, 2.75) is 17.9 Å². The van der Waals surface area contributed by atoms with Crippen molar-refractivity contribution in [1.82, 2.24) is 9.62 Å². The lowest BCUT2D eigenvalue weighted by atomic mass is 10.2. The lowest BCUT2D eigenvalue weighted by Crippen LogP contribution is -2.56. The molecule has 1 saturated heterocycles. The number of aryl methyl sites for hydroxylation is 1. The molecule has 1 unspecified atom stereocenters. The van der Waals surface area contributed by atoms with Crippen LogP contribution in [0.25, 0.3) is 0 Å². The van der Waals surface area contributed by atoms with Gasteiger partial charge < -0.3 is 10.4 Å². The first-order valence-electron chi connectivity index (χ1n) is 5.95. The van der Waals surface area contributed by atoms with Crippen molar-refractivity contribution in [2.24, 2.45) is 0 Å². The number of sulfonamides is 1. The maximum Gasteiger partial charge on any atom is 0.323 e. The molecule has 1 atom stereocenters. The molecule has 1 aromatic carbocycles. The van der Waals surface area contributed by atoms with Gasteiger partial charge in [-0.05, 0) is 18.6 Å². The summed E-state index contributed by atoms with van der Waals surface area (Å²) in [5.41, 5.74) is 0.616. The molecule has 0 aliphatic carbocycles. The predicted octanol–water partition coefficient (Wildman–Crippen LogP) is 0.0421. The van der Waals surface area contributed by atoms with Crippen molar-refractivity contribution in [3.8, 4) is 0 Å². The van der Waals surface area contributed by atoms with E-state index in [0.29, 0.717) is 12.1 Å². The van der Waals surface area contributed by atoms with E-state index in [2.05, 4.69) is 5.32 Å². The first-order chi connectivity index (χ1) is 8.94. The Labute approximate surface area is 112 Å². The molecule has 0 amide bonds. The van der Waals surface area contributed by atoms with Crippen molar-refractivity contribution in [3.05, 3.63) is 29.8 Å². The van der Waals surface area contributed by atoms with Crippen LogP contribution in [0.15, 0.2) is 29.2 Å². The number of benzene rings is 1. The molecule has 1 aromatic rings. The zero-order valence-corrected chi connectivity index (χ0v) is 11.4. The second-order valence-corrected chi connectivity index (χ2v) is 6.30. The van der Waals surface area contributed by atoms with Gasteiger partial charge in [-0.1, -0.05) is 18.2 Å². The molecule has 1 aliphatic rings. The molecule has 19 heavy (non-hydrogen) atoms. The van der Waals surface area contributed by atoms with E-state index in [1.807, 2.05) is 0 Å². The number of carboxylic acid groups (broad SMARTS) is 1. The highest BCUT2D eigenvalue weighted by molar-refractivity contribution is 7.89. The summed E-state index contributed by atoms with van der Waals surface area (Å²) in [5.74, 6) is -1.13. The normalized spacial score (nSPS) is 21.2. The van der Waals surface area contributed by atoms with Gasteiger partial charge in [-0.15, -0.1) is 0 Å². The van der Waals surface area contributed by atoms with E-state index < -0.39 is 22.0 Å². The summed E-state index contributed by atoms with van der Waals surface area (Å²) in [6.45, 7) is 2.44. The SMILES string of the molecule is Cc1ccccc1S(=O)(=O)N1CCNCC1C(=O)O. The molecule has 0 bridgehead atoms. The summed E-state index contributed by atoms with van der Waals surface area (Å²) in [4.78, 5) is 11.4. The fourth-order valence-electron chi connectivity index (χ4n) is 2.16. The first kappa shape index (κ1) is 14.0. The van der Waals surface area contributed by atoms with Crippen LogP contribution in [-0.2, 0) is 14.8 Å². The number of piperazine rings is 1. The summed E-state index contributed by atoms with van der Waals surface area (Å²) < 4.78 is 26.2. The van der Waals surface area contributed by atoms with E-state index in [9.17, 15) is 13.2 Å². The van der Waals surface area contributed by atoms with Crippen LogP contribution in [0.5, 0.6) is 0 Å². The number of hydrogen-bond acceptors (Lipinski definition) is 4. The highest BCUT2D eigenvalue weighted by Crippen LogP contribution is 2.22.